The third kappa shape index (κ3) is 3.49. The molecule has 0 fully saturated rings. The molecule has 7 heteroatoms. The fourth-order valence-corrected chi connectivity index (χ4v) is 1.21. The van der Waals surface area contributed by atoms with Crippen LogP contribution in [-0.2, 0) is 0 Å². The monoisotopic (exact) mass is 271 g/mol. The van der Waals surface area contributed by atoms with Crippen molar-refractivity contribution in [3.63, 3.8) is 0 Å². The molecule has 0 bridgehead atoms. The van der Waals surface area contributed by atoms with Crippen LogP contribution in [0.15, 0.2) is 18.2 Å². The Balaban J connectivity index is 0.00000256. The summed E-state index contributed by atoms with van der Waals surface area (Å²) in [5, 5.41) is 8.44. The Morgan fingerprint density at radius 2 is 2.06 bits per heavy atom. The summed E-state index contributed by atoms with van der Waals surface area (Å²) in [5.41, 5.74) is 4.82. The van der Waals surface area contributed by atoms with Crippen molar-refractivity contribution in [2.45, 2.75) is 12.0 Å². The molecule has 0 heterocycles. The van der Waals surface area contributed by atoms with E-state index in [2.05, 4.69) is 0 Å². The van der Waals surface area contributed by atoms with Crippen molar-refractivity contribution in [3.05, 3.63) is 29.6 Å². The molecule has 0 saturated carbocycles. The fourth-order valence-electron chi connectivity index (χ4n) is 1.21. The van der Waals surface area contributed by atoms with Crippen LogP contribution in [0.1, 0.15) is 11.6 Å². The smallest absolute Gasteiger partial charge is 0.289 e. The largest absolute Gasteiger partial charge is 0.497 e. The lowest BCUT2D eigenvalue weighted by Crippen LogP contribution is -2.36. The Bertz CT molecular complexity index is 377. The molecule has 17 heavy (non-hydrogen) atoms. The van der Waals surface area contributed by atoms with Gasteiger partial charge in [0.2, 0.25) is 0 Å². The van der Waals surface area contributed by atoms with Crippen LogP contribution >= 0.6 is 12.4 Å². The first-order chi connectivity index (χ1) is 7.42. The third-order valence-corrected chi connectivity index (χ3v) is 2.21. The predicted octanol–water partition coefficient (Wildman–Crippen LogP) is 1.88. The zero-order chi connectivity index (χ0) is 12.3. The van der Waals surface area contributed by atoms with Crippen molar-refractivity contribution in [1.29, 1.82) is 0 Å². The van der Waals surface area contributed by atoms with E-state index in [0.29, 0.717) is 0 Å². The van der Waals surface area contributed by atoms with Gasteiger partial charge in [-0.05, 0) is 6.07 Å². The summed E-state index contributed by atoms with van der Waals surface area (Å²) in [4.78, 5) is 0. The predicted molar refractivity (Wildman–Crippen MR) is 59.2 cm³/mol. The lowest BCUT2D eigenvalue weighted by Gasteiger charge is -2.22. The lowest BCUT2D eigenvalue weighted by atomic mass is 10.0. The molecule has 1 atom stereocenters. The highest BCUT2D eigenvalue weighted by Crippen LogP contribution is 2.31. The summed E-state index contributed by atoms with van der Waals surface area (Å²) in [6, 6.07) is 1.51. The molecule has 0 aliphatic rings. The number of aliphatic hydroxyl groups excluding tert-OH is 1. The van der Waals surface area contributed by atoms with Gasteiger partial charge in [-0.2, -0.15) is 0 Å². The van der Waals surface area contributed by atoms with E-state index in [-0.39, 0.29) is 23.7 Å². The van der Waals surface area contributed by atoms with Gasteiger partial charge in [0.05, 0.1) is 13.2 Å². The third-order valence-electron chi connectivity index (χ3n) is 2.21. The van der Waals surface area contributed by atoms with Crippen molar-refractivity contribution in [3.8, 4) is 5.75 Å². The number of aliphatic hydroxyl groups is 1. The maximum atomic E-state index is 13.4. The second kappa shape index (κ2) is 6.09. The number of ether oxygens (including phenoxy) is 1. The van der Waals surface area contributed by atoms with Gasteiger partial charge in [-0.15, -0.1) is 12.4 Å². The van der Waals surface area contributed by atoms with E-state index in [1.807, 2.05) is 0 Å². The summed E-state index contributed by atoms with van der Waals surface area (Å²) in [7, 11) is 1.33. The van der Waals surface area contributed by atoms with Crippen LogP contribution in [0.5, 0.6) is 5.75 Å². The van der Waals surface area contributed by atoms with E-state index in [1.165, 1.54) is 13.2 Å². The number of rotatable bonds is 4. The molecule has 3 nitrogen and oxygen atoms in total. The molecule has 1 rings (SSSR count). The lowest BCUT2D eigenvalue weighted by molar-refractivity contribution is -0.0718. The fraction of sp³-hybridized carbons (Fsp3) is 0.400. The molecule has 0 aliphatic heterocycles. The highest BCUT2D eigenvalue weighted by molar-refractivity contribution is 5.85. The highest BCUT2D eigenvalue weighted by Gasteiger charge is 2.38. The SMILES string of the molecule is COc1ccc([C@H](N)C(F)(F)CO)c(F)c1.Cl. The number of hydrogen-bond donors (Lipinski definition) is 2. The average Bonchev–Trinajstić information content (AvgIpc) is 2.28. The molecule has 0 unspecified atom stereocenters. The molecule has 0 aliphatic carbocycles. The Morgan fingerprint density at radius 1 is 1.47 bits per heavy atom. The molecule has 0 amide bonds. The summed E-state index contributed by atoms with van der Waals surface area (Å²) < 4.78 is 44.1. The molecule has 1 aromatic carbocycles. The van der Waals surface area contributed by atoms with Crippen molar-refractivity contribution in [1.82, 2.24) is 0 Å². The Morgan fingerprint density at radius 3 is 2.47 bits per heavy atom. The molecular formula is C10H13ClF3NO2. The number of nitrogens with two attached hydrogens (primary N) is 1. The second-order valence-electron chi connectivity index (χ2n) is 3.28. The summed E-state index contributed by atoms with van der Waals surface area (Å²) >= 11 is 0. The zero-order valence-corrected chi connectivity index (χ0v) is 9.81. The van der Waals surface area contributed by atoms with Gasteiger partial charge < -0.3 is 15.6 Å². The van der Waals surface area contributed by atoms with Gasteiger partial charge in [0.15, 0.2) is 0 Å². The van der Waals surface area contributed by atoms with Gasteiger partial charge >= 0.3 is 0 Å². The minimum Gasteiger partial charge on any atom is -0.497 e. The highest BCUT2D eigenvalue weighted by atomic mass is 35.5. The molecule has 0 saturated heterocycles. The van der Waals surface area contributed by atoms with Crippen molar-refractivity contribution in [2.75, 3.05) is 13.7 Å². The normalized spacial score (nSPS) is 12.8. The first-order valence-corrected chi connectivity index (χ1v) is 4.50. The Kier molecular flexibility index (Phi) is 5.74. The van der Waals surface area contributed by atoms with E-state index in [1.54, 1.807) is 0 Å². The van der Waals surface area contributed by atoms with Crippen LogP contribution in [0, 0.1) is 5.82 Å². The van der Waals surface area contributed by atoms with Gasteiger partial charge in [0.25, 0.3) is 5.92 Å². The van der Waals surface area contributed by atoms with Gasteiger partial charge in [-0.3, -0.25) is 0 Å². The number of halogens is 4. The number of methoxy groups -OCH3 is 1. The molecule has 0 aromatic heterocycles. The van der Waals surface area contributed by atoms with Gasteiger partial charge in [-0.1, -0.05) is 6.07 Å². The van der Waals surface area contributed by atoms with E-state index in [9.17, 15) is 13.2 Å². The van der Waals surface area contributed by atoms with E-state index in [0.717, 1.165) is 12.1 Å². The van der Waals surface area contributed by atoms with Gasteiger partial charge in [0, 0.05) is 11.6 Å². The van der Waals surface area contributed by atoms with Crippen LogP contribution in [0.4, 0.5) is 13.2 Å². The van der Waals surface area contributed by atoms with Crippen LogP contribution in [0.3, 0.4) is 0 Å². The van der Waals surface area contributed by atoms with E-state index >= 15 is 0 Å². The topological polar surface area (TPSA) is 55.5 Å². The average molecular weight is 272 g/mol. The molecule has 0 radical (unpaired) electrons. The number of hydrogen-bond acceptors (Lipinski definition) is 3. The summed E-state index contributed by atoms with van der Waals surface area (Å²) in [5.74, 6) is -4.24. The van der Waals surface area contributed by atoms with Crippen LogP contribution in [0.25, 0.3) is 0 Å². The zero-order valence-electron chi connectivity index (χ0n) is 8.99. The maximum absolute atomic E-state index is 13.4. The van der Waals surface area contributed by atoms with Gasteiger partial charge in [-0.25, -0.2) is 13.2 Å². The van der Waals surface area contributed by atoms with Crippen molar-refractivity contribution < 1.29 is 23.0 Å². The Labute approximate surface area is 103 Å². The molecule has 98 valence electrons. The molecule has 0 spiro atoms. The second-order valence-corrected chi connectivity index (χ2v) is 3.28. The molecule has 3 N–H and O–H groups in total. The van der Waals surface area contributed by atoms with E-state index in [4.69, 9.17) is 15.6 Å². The van der Waals surface area contributed by atoms with E-state index < -0.39 is 24.4 Å². The van der Waals surface area contributed by atoms with Crippen LogP contribution in [-0.4, -0.2) is 24.7 Å². The van der Waals surface area contributed by atoms with Crippen molar-refractivity contribution in [2.24, 2.45) is 5.73 Å². The van der Waals surface area contributed by atoms with Crippen LogP contribution < -0.4 is 10.5 Å². The first-order valence-electron chi connectivity index (χ1n) is 4.50. The number of benzene rings is 1. The summed E-state index contributed by atoms with van der Waals surface area (Å²) in [6.07, 6.45) is 0. The minimum absolute atomic E-state index is 0. The maximum Gasteiger partial charge on any atom is 0.289 e. The Hall–Kier alpha value is -0.980. The van der Waals surface area contributed by atoms with Crippen LogP contribution in [0.2, 0.25) is 0 Å². The summed E-state index contributed by atoms with van der Waals surface area (Å²) in [6.45, 7) is -1.43. The van der Waals surface area contributed by atoms with Gasteiger partial charge in [0.1, 0.15) is 18.2 Å². The van der Waals surface area contributed by atoms with Crippen molar-refractivity contribution >= 4 is 12.4 Å². The number of alkyl halides is 2. The minimum atomic E-state index is -3.56. The quantitative estimate of drug-likeness (QED) is 0.879. The standard InChI is InChI=1S/C10H12F3NO2.ClH/c1-16-6-2-3-7(8(11)4-6)9(14)10(12,13)5-15;/h2-4,9,15H,5,14H2,1H3;1H/t9-;/m0./s1. The molecular weight excluding hydrogens is 259 g/mol. The molecule has 1 aromatic rings. The first kappa shape index (κ1) is 16.0.